The Morgan fingerprint density at radius 2 is 2.14 bits per heavy atom. The number of ketones is 1. The summed E-state index contributed by atoms with van der Waals surface area (Å²) in [7, 11) is 1.57. The van der Waals surface area contributed by atoms with Gasteiger partial charge in [-0.05, 0) is 24.6 Å². The molecule has 0 unspecified atom stereocenters. The molecule has 0 atom stereocenters. The largest absolute Gasteiger partial charge is 0.496 e. The average Bonchev–Trinajstić information content (AvgIpc) is 2.25. The summed E-state index contributed by atoms with van der Waals surface area (Å²) in [6.07, 6.45) is 4.29. The second kappa shape index (κ2) is 5.22. The highest BCUT2D eigenvalue weighted by Gasteiger charge is 2.07. The number of hydrogen-bond donors (Lipinski definition) is 0. The second-order valence-electron chi connectivity index (χ2n) is 2.88. The fourth-order valence-corrected chi connectivity index (χ4v) is 1.16. The summed E-state index contributed by atoms with van der Waals surface area (Å²) in [5.41, 5.74) is 0.611. The fraction of sp³-hybridized carbons (Fsp3) is 0.250. The zero-order valence-corrected chi connectivity index (χ0v) is 8.49. The molecule has 0 N–H and O–H groups in total. The van der Waals surface area contributed by atoms with Gasteiger partial charge in [0.2, 0.25) is 0 Å². The molecule has 0 saturated carbocycles. The van der Waals surface area contributed by atoms with E-state index in [9.17, 15) is 4.79 Å². The molecule has 1 aromatic rings. The van der Waals surface area contributed by atoms with E-state index in [2.05, 4.69) is 0 Å². The highest BCUT2D eigenvalue weighted by molar-refractivity contribution is 6.06. The van der Waals surface area contributed by atoms with Crippen LogP contribution in [0.1, 0.15) is 23.7 Å². The van der Waals surface area contributed by atoms with Crippen LogP contribution in [0.4, 0.5) is 0 Å². The molecule has 1 rings (SSSR count). The van der Waals surface area contributed by atoms with E-state index in [1.807, 2.05) is 25.1 Å². The average molecular weight is 190 g/mol. The highest BCUT2D eigenvalue weighted by Crippen LogP contribution is 2.17. The predicted octanol–water partition coefficient (Wildman–Crippen LogP) is 2.84. The molecule has 0 aliphatic carbocycles. The van der Waals surface area contributed by atoms with Crippen LogP contribution < -0.4 is 4.74 Å². The van der Waals surface area contributed by atoms with E-state index in [0.717, 1.165) is 6.42 Å². The molecule has 0 aliphatic rings. The first-order valence-corrected chi connectivity index (χ1v) is 4.63. The molecule has 14 heavy (non-hydrogen) atoms. The summed E-state index contributed by atoms with van der Waals surface area (Å²) in [6, 6.07) is 7.23. The van der Waals surface area contributed by atoms with E-state index in [4.69, 9.17) is 4.74 Å². The number of methoxy groups -OCH3 is 1. The molecular formula is C12H14O2. The molecule has 0 saturated heterocycles. The van der Waals surface area contributed by atoms with Crippen molar-refractivity contribution in [3.05, 3.63) is 42.0 Å². The molecule has 74 valence electrons. The van der Waals surface area contributed by atoms with Gasteiger partial charge in [-0.1, -0.05) is 25.1 Å². The quantitative estimate of drug-likeness (QED) is 0.539. The number of ether oxygens (including phenoxy) is 1. The van der Waals surface area contributed by atoms with Gasteiger partial charge in [0, 0.05) is 0 Å². The van der Waals surface area contributed by atoms with Crippen molar-refractivity contribution in [2.75, 3.05) is 7.11 Å². The molecule has 0 spiro atoms. The van der Waals surface area contributed by atoms with Crippen LogP contribution in [-0.2, 0) is 0 Å². The lowest BCUT2D eigenvalue weighted by atomic mass is 10.1. The van der Waals surface area contributed by atoms with Crippen molar-refractivity contribution in [2.45, 2.75) is 13.3 Å². The first-order chi connectivity index (χ1) is 6.79. The third-order valence-electron chi connectivity index (χ3n) is 1.88. The van der Waals surface area contributed by atoms with Gasteiger partial charge in [-0.2, -0.15) is 0 Å². The zero-order chi connectivity index (χ0) is 10.4. The van der Waals surface area contributed by atoms with Crippen molar-refractivity contribution in [3.8, 4) is 5.75 Å². The van der Waals surface area contributed by atoms with Gasteiger partial charge >= 0.3 is 0 Å². The minimum Gasteiger partial charge on any atom is -0.496 e. The van der Waals surface area contributed by atoms with Gasteiger partial charge < -0.3 is 4.74 Å². The van der Waals surface area contributed by atoms with Crippen molar-refractivity contribution >= 4 is 5.78 Å². The first-order valence-electron chi connectivity index (χ1n) is 4.63. The number of hydrogen-bond acceptors (Lipinski definition) is 2. The Morgan fingerprint density at radius 3 is 2.79 bits per heavy atom. The van der Waals surface area contributed by atoms with E-state index >= 15 is 0 Å². The number of para-hydroxylation sites is 1. The maximum Gasteiger partial charge on any atom is 0.189 e. The van der Waals surface area contributed by atoms with Gasteiger partial charge in [0.1, 0.15) is 5.75 Å². The van der Waals surface area contributed by atoms with E-state index in [-0.39, 0.29) is 5.78 Å². The lowest BCUT2D eigenvalue weighted by Gasteiger charge is -2.03. The van der Waals surface area contributed by atoms with Crippen LogP contribution in [0.25, 0.3) is 0 Å². The molecule has 0 amide bonds. The number of rotatable bonds is 4. The van der Waals surface area contributed by atoms with Crippen LogP contribution in [0.15, 0.2) is 36.4 Å². The lowest BCUT2D eigenvalue weighted by molar-refractivity contribution is 0.104. The second-order valence-corrected chi connectivity index (χ2v) is 2.88. The number of allylic oxidation sites excluding steroid dienone is 2. The number of benzene rings is 1. The van der Waals surface area contributed by atoms with Crippen molar-refractivity contribution in [2.24, 2.45) is 0 Å². The zero-order valence-electron chi connectivity index (χ0n) is 8.49. The van der Waals surface area contributed by atoms with Crippen LogP contribution in [0.2, 0.25) is 0 Å². The van der Waals surface area contributed by atoms with E-state index in [1.165, 1.54) is 0 Å². The van der Waals surface area contributed by atoms with Gasteiger partial charge in [-0.3, -0.25) is 4.79 Å². The Kier molecular flexibility index (Phi) is 3.92. The SMILES string of the molecule is CC/C=C/C(=O)c1ccccc1OC. The molecule has 0 aromatic heterocycles. The van der Waals surface area contributed by atoms with Gasteiger partial charge in [-0.15, -0.1) is 0 Å². The Balaban J connectivity index is 2.94. The maximum atomic E-state index is 11.6. The third kappa shape index (κ3) is 2.46. The molecule has 0 aliphatic heterocycles. The van der Waals surface area contributed by atoms with Crippen molar-refractivity contribution in [1.29, 1.82) is 0 Å². The predicted molar refractivity (Wildman–Crippen MR) is 56.8 cm³/mol. The third-order valence-corrected chi connectivity index (χ3v) is 1.88. The van der Waals surface area contributed by atoms with Crippen LogP contribution in [0.5, 0.6) is 5.75 Å². The first kappa shape index (κ1) is 10.5. The number of carbonyl (C=O) groups excluding carboxylic acids is 1. The van der Waals surface area contributed by atoms with Gasteiger partial charge in [0.25, 0.3) is 0 Å². The monoisotopic (exact) mass is 190 g/mol. The van der Waals surface area contributed by atoms with Crippen LogP contribution in [-0.4, -0.2) is 12.9 Å². The van der Waals surface area contributed by atoms with Crippen LogP contribution >= 0.6 is 0 Å². The summed E-state index contributed by atoms with van der Waals surface area (Å²) >= 11 is 0. The fourth-order valence-electron chi connectivity index (χ4n) is 1.16. The smallest absolute Gasteiger partial charge is 0.189 e. The molecule has 0 fully saturated rings. The Labute approximate surface area is 84.2 Å². The van der Waals surface area contributed by atoms with E-state index < -0.39 is 0 Å². The molecular weight excluding hydrogens is 176 g/mol. The summed E-state index contributed by atoms with van der Waals surface area (Å²) < 4.78 is 5.09. The summed E-state index contributed by atoms with van der Waals surface area (Å²) in [5, 5.41) is 0. The van der Waals surface area contributed by atoms with Gasteiger partial charge in [0.05, 0.1) is 12.7 Å². The molecule has 0 heterocycles. The standard InChI is InChI=1S/C12H14O2/c1-3-4-8-11(13)10-7-5-6-9-12(10)14-2/h4-9H,3H2,1-2H3/b8-4+. The topological polar surface area (TPSA) is 26.3 Å². The van der Waals surface area contributed by atoms with E-state index in [0.29, 0.717) is 11.3 Å². The maximum absolute atomic E-state index is 11.6. The minimum atomic E-state index is -0.00991. The lowest BCUT2D eigenvalue weighted by Crippen LogP contribution is -1.98. The minimum absolute atomic E-state index is 0.00991. The van der Waals surface area contributed by atoms with Crippen LogP contribution in [0.3, 0.4) is 0 Å². The van der Waals surface area contributed by atoms with Crippen molar-refractivity contribution < 1.29 is 9.53 Å². The van der Waals surface area contributed by atoms with E-state index in [1.54, 1.807) is 25.3 Å². The number of carbonyl (C=O) groups is 1. The van der Waals surface area contributed by atoms with Gasteiger partial charge in [0.15, 0.2) is 5.78 Å². The Hall–Kier alpha value is -1.57. The summed E-state index contributed by atoms with van der Waals surface area (Å²) in [6.45, 7) is 1.99. The molecule has 2 nitrogen and oxygen atoms in total. The van der Waals surface area contributed by atoms with Gasteiger partial charge in [-0.25, -0.2) is 0 Å². The Bertz CT molecular complexity index is 340. The molecule has 0 radical (unpaired) electrons. The molecule has 0 bridgehead atoms. The molecule has 1 aromatic carbocycles. The molecule has 2 heteroatoms. The summed E-state index contributed by atoms with van der Waals surface area (Å²) in [4.78, 5) is 11.6. The van der Waals surface area contributed by atoms with Crippen molar-refractivity contribution in [1.82, 2.24) is 0 Å². The summed E-state index contributed by atoms with van der Waals surface area (Å²) in [5.74, 6) is 0.613. The van der Waals surface area contributed by atoms with Crippen LogP contribution in [0, 0.1) is 0 Å². The Morgan fingerprint density at radius 1 is 1.43 bits per heavy atom. The highest BCUT2D eigenvalue weighted by atomic mass is 16.5. The normalized spacial score (nSPS) is 10.4. The van der Waals surface area contributed by atoms with Crippen molar-refractivity contribution in [3.63, 3.8) is 0 Å².